The molecule has 3 heterocycles. The number of aliphatic hydroxyl groups excluding tert-OH is 1. The van der Waals surface area contributed by atoms with Crippen molar-refractivity contribution in [2.45, 2.75) is 39.3 Å². The van der Waals surface area contributed by atoms with Crippen molar-refractivity contribution in [1.82, 2.24) is 23.7 Å². The van der Waals surface area contributed by atoms with E-state index in [2.05, 4.69) is 4.98 Å². The third kappa shape index (κ3) is 4.77. The van der Waals surface area contributed by atoms with Gasteiger partial charge < -0.3 is 9.67 Å². The highest BCUT2D eigenvalue weighted by molar-refractivity contribution is 6.30. The quantitative estimate of drug-likeness (QED) is 0.429. The molecule has 0 aliphatic rings. The lowest BCUT2D eigenvalue weighted by atomic mass is 10.1. The molecule has 0 amide bonds. The number of imidazole rings is 1. The van der Waals surface area contributed by atoms with Crippen LogP contribution in [-0.4, -0.2) is 35.4 Å². The van der Waals surface area contributed by atoms with Crippen molar-refractivity contribution < 1.29 is 5.11 Å². The second kappa shape index (κ2) is 9.72. The molecule has 0 spiro atoms. The summed E-state index contributed by atoms with van der Waals surface area (Å²) in [4.78, 5) is 35.2. The third-order valence-corrected chi connectivity index (χ3v) is 5.96. The Hall–Kier alpha value is -3.23. The Morgan fingerprint density at radius 3 is 2.48 bits per heavy atom. The van der Waals surface area contributed by atoms with E-state index in [1.807, 2.05) is 47.9 Å². The second-order valence-corrected chi connectivity index (χ2v) is 8.53. The highest BCUT2D eigenvalue weighted by atomic mass is 35.5. The van der Waals surface area contributed by atoms with Crippen LogP contribution in [0.4, 0.5) is 0 Å². The Balaban J connectivity index is 1.85. The van der Waals surface area contributed by atoms with Crippen LogP contribution in [-0.2, 0) is 33.0 Å². The van der Waals surface area contributed by atoms with Crippen molar-refractivity contribution in [3.63, 3.8) is 0 Å². The lowest BCUT2D eigenvalue weighted by Crippen LogP contribution is -2.40. The number of fused-ring (bicyclic) bond motifs is 1. The summed E-state index contributed by atoms with van der Waals surface area (Å²) in [7, 11) is 1.62. The molecular formula is C24H26ClN5O3. The number of rotatable bonds is 8. The van der Waals surface area contributed by atoms with Crippen LogP contribution in [0.5, 0.6) is 0 Å². The number of hydrogen-bond donors (Lipinski definition) is 1. The van der Waals surface area contributed by atoms with Gasteiger partial charge in [-0.3, -0.25) is 18.9 Å². The highest BCUT2D eigenvalue weighted by Crippen LogP contribution is 2.18. The fraction of sp³-hybridized carbons (Fsp3) is 0.333. The summed E-state index contributed by atoms with van der Waals surface area (Å²) in [5, 5.41) is 9.84. The zero-order chi connectivity index (χ0) is 23.5. The van der Waals surface area contributed by atoms with Crippen molar-refractivity contribution in [1.29, 1.82) is 0 Å². The van der Waals surface area contributed by atoms with Crippen LogP contribution < -0.4 is 11.2 Å². The Kier molecular flexibility index (Phi) is 6.76. The Labute approximate surface area is 195 Å². The summed E-state index contributed by atoms with van der Waals surface area (Å²) < 4.78 is 4.48. The molecule has 0 unspecified atom stereocenters. The van der Waals surface area contributed by atoms with Gasteiger partial charge in [0.1, 0.15) is 5.82 Å². The molecular weight excluding hydrogens is 442 g/mol. The van der Waals surface area contributed by atoms with Gasteiger partial charge in [0.2, 0.25) is 0 Å². The SMILES string of the molecule is Cc1cc(CCc2nc3c(c(=O)n(CCCO)c(=O)n3C)n2Cc2ccc(Cl)cc2)ccn1. The van der Waals surface area contributed by atoms with E-state index in [1.165, 1.54) is 9.13 Å². The Bertz CT molecular complexity index is 1400. The van der Waals surface area contributed by atoms with E-state index in [9.17, 15) is 14.7 Å². The molecule has 33 heavy (non-hydrogen) atoms. The predicted molar refractivity (Wildman–Crippen MR) is 128 cm³/mol. The number of halogens is 1. The normalized spacial score (nSPS) is 11.4. The molecule has 3 aromatic heterocycles. The molecule has 0 saturated carbocycles. The largest absolute Gasteiger partial charge is 0.396 e. The van der Waals surface area contributed by atoms with Gasteiger partial charge in [-0.1, -0.05) is 23.7 Å². The lowest BCUT2D eigenvalue weighted by Gasteiger charge is -2.11. The molecule has 0 saturated heterocycles. The zero-order valence-electron chi connectivity index (χ0n) is 18.7. The number of aryl methyl sites for hydroxylation is 4. The summed E-state index contributed by atoms with van der Waals surface area (Å²) >= 11 is 6.05. The van der Waals surface area contributed by atoms with Crippen molar-refractivity contribution in [3.05, 3.63) is 91.1 Å². The van der Waals surface area contributed by atoms with Gasteiger partial charge >= 0.3 is 5.69 Å². The van der Waals surface area contributed by atoms with E-state index in [4.69, 9.17) is 16.6 Å². The van der Waals surface area contributed by atoms with Crippen LogP contribution in [0, 0.1) is 6.92 Å². The molecule has 0 aliphatic heterocycles. The molecule has 4 rings (SSSR count). The van der Waals surface area contributed by atoms with Crippen LogP contribution in [0.2, 0.25) is 5.02 Å². The fourth-order valence-electron chi connectivity index (χ4n) is 3.99. The summed E-state index contributed by atoms with van der Waals surface area (Å²) in [6, 6.07) is 11.4. The molecule has 0 radical (unpaired) electrons. The minimum atomic E-state index is -0.437. The molecule has 1 N–H and O–H groups in total. The zero-order valence-corrected chi connectivity index (χ0v) is 19.4. The average Bonchev–Trinajstić information content (AvgIpc) is 3.16. The van der Waals surface area contributed by atoms with Gasteiger partial charge in [0.15, 0.2) is 11.2 Å². The number of benzene rings is 1. The van der Waals surface area contributed by atoms with Crippen LogP contribution >= 0.6 is 11.6 Å². The third-order valence-electron chi connectivity index (χ3n) is 5.70. The van der Waals surface area contributed by atoms with Crippen molar-refractivity contribution in [2.24, 2.45) is 7.05 Å². The van der Waals surface area contributed by atoms with Gasteiger partial charge in [-0.2, -0.15) is 0 Å². The molecule has 172 valence electrons. The number of nitrogens with zero attached hydrogens (tertiary/aromatic N) is 5. The maximum atomic E-state index is 13.4. The minimum absolute atomic E-state index is 0.103. The van der Waals surface area contributed by atoms with Gasteiger partial charge in [-0.25, -0.2) is 9.78 Å². The molecule has 9 heteroatoms. The number of aromatic nitrogens is 5. The van der Waals surface area contributed by atoms with Gasteiger partial charge in [0, 0.05) is 50.1 Å². The van der Waals surface area contributed by atoms with Crippen LogP contribution in [0.1, 0.15) is 29.1 Å². The number of aliphatic hydroxyl groups is 1. The van der Waals surface area contributed by atoms with Crippen LogP contribution in [0.15, 0.2) is 52.2 Å². The molecule has 0 aliphatic carbocycles. The molecule has 0 bridgehead atoms. The average molecular weight is 468 g/mol. The Morgan fingerprint density at radius 2 is 1.79 bits per heavy atom. The molecule has 1 aromatic carbocycles. The van der Waals surface area contributed by atoms with Gasteiger partial charge in [-0.15, -0.1) is 0 Å². The summed E-state index contributed by atoms with van der Waals surface area (Å²) in [6.45, 7) is 2.42. The highest BCUT2D eigenvalue weighted by Gasteiger charge is 2.20. The number of hydrogen-bond acceptors (Lipinski definition) is 5. The lowest BCUT2D eigenvalue weighted by molar-refractivity contribution is 0.277. The molecule has 8 nitrogen and oxygen atoms in total. The summed E-state index contributed by atoms with van der Waals surface area (Å²) in [6.07, 6.45) is 3.42. The van der Waals surface area contributed by atoms with E-state index in [1.54, 1.807) is 13.2 Å². The first-order chi connectivity index (χ1) is 15.9. The maximum absolute atomic E-state index is 13.4. The van der Waals surface area contributed by atoms with Crippen LogP contribution in [0.25, 0.3) is 11.2 Å². The van der Waals surface area contributed by atoms with Crippen molar-refractivity contribution in [2.75, 3.05) is 6.61 Å². The second-order valence-electron chi connectivity index (χ2n) is 8.09. The van der Waals surface area contributed by atoms with Crippen LogP contribution in [0.3, 0.4) is 0 Å². The van der Waals surface area contributed by atoms with E-state index in [0.29, 0.717) is 35.6 Å². The predicted octanol–water partition coefficient (Wildman–Crippen LogP) is 2.47. The van der Waals surface area contributed by atoms with Gasteiger partial charge in [-0.05, 0) is 55.2 Å². The monoisotopic (exact) mass is 467 g/mol. The van der Waals surface area contributed by atoms with E-state index < -0.39 is 11.2 Å². The maximum Gasteiger partial charge on any atom is 0.332 e. The molecule has 0 fully saturated rings. The van der Waals surface area contributed by atoms with E-state index >= 15 is 0 Å². The van der Waals surface area contributed by atoms with Gasteiger partial charge in [0.05, 0.1) is 0 Å². The first-order valence-corrected chi connectivity index (χ1v) is 11.2. The fourth-order valence-corrected chi connectivity index (χ4v) is 4.12. The van der Waals surface area contributed by atoms with Crippen molar-refractivity contribution >= 4 is 22.8 Å². The minimum Gasteiger partial charge on any atom is -0.396 e. The van der Waals surface area contributed by atoms with Gasteiger partial charge in [0.25, 0.3) is 5.56 Å². The number of pyridine rings is 1. The molecule has 4 aromatic rings. The Morgan fingerprint density at radius 1 is 1.03 bits per heavy atom. The van der Waals surface area contributed by atoms with E-state index in [-0.39, 0.29) is 13.2 Å². The summed E-state index contributed by atoms with van der Waals surface area (Å²) in [5.41, 5.74) is 2.95. The summed E-state index contributed by atoms with van der Waals surface area (Å²) in [5.74, 6) is 0.724. The standard InChI is InChI=1S/C24H26ClN5O3/c1-16-14-17(10-11-26-16)6-9-20-27-22-21(30(20)15-18-4-7-19(25)8-5-18)23(32)29(12-3-13-31)24(33)28(22)2/h4-5,7-8,10-11,14,31H,3,6,9,12-13,15H2,1-2H3. The first kappa shape index (κ1) is 22.9. The molecule has 0 atom stereocenters. The topological polar surface area (TPSA) is 94.9 Å². The van der Waals surface area contributed by atoms with E-state index in [0.717, 1.165) is 29.1 Å². The smallest absolute Gasteiger partial charge is 0.332 e. The first-order valence-electron chi connectivity index (χ1n) is 10.8. The van der Waals surface area contributed by atoms with Crippen molar-refractivity contribution in [3.8, 4) is 0 Å².